The highest BCUT2D eigenvalue weighted by atomic mass is 19.1. The number of ether oxygens (including phenoxy) is 1. The molecule has 1 unspecified atom stereocenters. The van der Waals surface area contributed by atoms with E-state index in [0.29, 0.717) is 0 Å². The molecule has 0 spiro atoms. The van der Waals surface area contributed by atoms with Gasteiger partial charge in [-0.1, -0.05) is 73.6 Å². The van der Waals surface area contributed by atoms with Gasteiger partial charge in [0.25, 0.3) is 0 Å². The molecule has 1 aromatic rings. The van der Waals surface area contributed by atoms with Gasteiger partial charge < -0.3 is 4.74 Å². The Morgan fingerprint density at radius 3 is 1.91 bits per heavy atom. The van der Waals surface area contributed by atoms with E-state index in [1.807, 2.05) is 6.92 Å². The normalized spacial score (nSPS) is 25.7. The van der Waals surface area contributed by atoms with Crippen LogP contribution in [0, 0.1) is 29.4 Å². The van der Waals surface area contributed by atoms with Crippen molar-refractivity contribution in [1.82, 2.24) is 0 Å². The molecule has 2 aliphatic carbocycles. The summed E-state index contributed by atoms with van der Waals surface area (Å²) in [7, 11) is 0. The quantitative estimate of drug-likeness (QED) is 0.284. The van der Waals surface area contributed by atoms with Gasteiger partial charge in [0.15, 0.2) is 17.4 Å². The van der Waals surface area contributed by atoms with Gasteiger partial charge in [-0.15, -0.1) is 0 Å². The van der Waals surface area contributed by atoms with Crippen molar-refractivity contribution in [3.8, 4) is 5.75 Å². The molecule has 0 aromatic heterocycles. The maximum atomic E-state index is 14.8. The zero-order valence-corrected chi connectivity index (χ0v) is 20.8. The van der Waals surface area contributed by atoms with E-state index in [0.717, 1.165) is 55.4 Å². The van der Waals surface area contributed by atoms with Gasteiger partial charge >= 0.3 is 0 Å². The molecule has 0 saturated heterocycles. The zero-order chi connectivity index (χ0) is 22.9. The third-order valence-electron chi connectivity index (χ3n) is 8.30. The van der Waals surface area contributed by atoms with Crippen LogP contribution in [-0.2, 0) is 0 Å². The Kier molecular flexibility index (Phi) is 14.4. The summed E-state index contributed by atoms with van der Waals surface area (Å²) in [5, 5.41) is 0. The van der Waals surface area contributed by atoms with Crippen LogP contribution in [0.15, 0.2) is 12.1 Å². The van der Waals surface area contributed by atoms with E-state index in [1.54, 1.807) is 12.1 Å². The first-order valence-corrected chi connectivity index (χ1v) is 13.7. The number of hydrogen-bond donors (Lipinski definition) is 0. The van der Waals surface area contributed by atoms with E-state index in [4.69, 9.17) is 4.74 Å². The number of unbranched alkanes of at least 4 members (excludes halogenated alkanes) is 3. The molecule has 2 aliphatic rings. The van der Waals surface area contributed by atoms with Crippen molar-refractivity contribution < 1.29 is 16.4 Å². The summed E-state index contributed by atoms with van der Waals surface area (Å²) in [5.74, 6) is 1.69. The van der Waals surface area contributed by atoms with Crippen molar-refractivity contribution in [2.45, 2.75) is 144 Å². The topological polar surface area (TPSA) is 9.23 Å². The Morgan fingerprint density at radius 2 is 1.38 bits per heavy atom. The summed E-state index contributed by atoms with van der Waals surface area (Å²) in [6.07, 6.45) is 18.1. The van der Waals surface area contributed by atoms with Gasteiger partial charge in [0, 0.05) is 2.85 Å². The van der Waals surface area contributed by atoms with Gasteiger partial charge in [0.1, 0.15) is 0 Å². The number of hydrogen-bond acceptors (Lipinski definition) is 1. The third kappa shape index (κ3) is 8.83. The van der Waals surface area contributed by atoms with Crippen molar-refractivity contribution in [2.24, 2.45) is 17.8 Å². The minimum Gasteiger partial charge on any atom is -0.485 e. The highest BCUT2D eigenvalue weighted by molar-refractivity contribution is 5.33. The fourth-order valence-electron chi connectivity index (χ4n) is 6.33. The van der Waals surface area contributed by atoms with Crippen LogP contribution in [0.3, 0.4) is 0 Å². The highest BCUT2D eigenvalue weighted by Crippen LogP contribution is 2.45. The second-order valence-corrected chi connectivity index (χ2v) is 10.8. The number of benzene rings is 1. The van der Waals surface area contributed by atoms with E-state index in [-0.39, 0.29) is 35.5 Å². The smallest absolute Gasteiger partial charge is 0.191 e. The molecule has 0 heterocycles. The second kappa shape index (κ2) is 15.8. The van der Waals surface area contributed by atoms with Crippen LogP contribution in [0.2, 0.25) is 0 Å². The largest absolute Gasteiger partial charge is 0.485 e. The maximum Gasteiger partial charge on any atom is 0.191 e. The molecule has 2 fully saturated rings. The minimum atomic E-state index is -0.531. The van der Waals surface area contributed by atoms with Crippen molar-refractivity contribution in [3.05, 3.63) is 29.3 Å². The lowest BCUT2D eigenvalue weighted by Crippen LogP contribution is -2.25. The molecule has 1 atom stereocenters. The van der Waals surface area contributed by atoms with Crippen molar-refractivity contribution >= 4 is 0 Å². The lowest BCUT2D eigenvalue weighted by Gasteiger charge is -2.38. The van der Waals surface area contributed by atoms with Crippen molar-refractivity contribution in [3.63, 3.8) is 0 Å². The van der Waals surface area contributed by atoms with E-state index in [2.05, 4.69) is 13.8 Å². The Labute approximate surface area is 213 Å². The zero-order valence-electron chi connectivity index (χ0n) is 20.8. The monoisotopic (exact) mass is 484 g/mol. The Morgan fingerprint density at radius 1 is 0.824 bits per heavy atom. The standard InChI is InChI=1S/C29H46F2O.2CH4.2H2/c1-4-6-7-8-10-21(3)32-29-27(30)19-26(20-28(29)31)25-17-15-24(16-18-25)23-13-11-22(9-5-2)12-14-23;;;;/h19-25H,4-18H2,1-3H3;2*1H4;2*1H. The minimum absolute atomic E-state index is 0. The van der Waals surface area contributed by atoms with E-state index in [1.165, 1.54) is 64.2 Å². The first-order chi connectivity index (χ1) is 15.5. The first kappa shape index (κ1) is 30.9. The van der Waals surface area contributed by atoms with Gasteiger partial charge in [-0.2, -0.15) is 0 Å². The molecule has 34 heavy (non-hydrogen) atoms. The van der Waals surface area contributed by atoms with Gasteiger partial charge in [0.05, 0.1) is 6.10 Å². The molecule has 1 aromatic carbocycles. The molecular weight excluding hydrogens is 426 g/mol. The SMILES string of the molecule is C.C.CCCCCCC(C)Oc1c(F)cc(C2CCC(C3CCC(CCC)CC3)CC2)cc1F.[HH].[HH]. The van der Waals surface area contributed by atoms with E-state index < -0.39 is 11.6 Å². The van der Waals surface area contributed by atoms with Gasteiger partial charge in [0.2, 0.25) is 0 Å². The van der Waals surface area contributed by atoms with Crippen molar-refractivity contribution in [1.29, 1.82) is 0 Å². The summed E-state index contributed by atoms with van der Waals surface area (Å²) < 4.78 is 35.2. The summed E-state index contributed by atoms with van der Waals surface area (Å²) >= 11 is 0. The Bertz CT molecular complexity index is 660. The summed E-state index contributed by atoms with van der Waals surface area (Å²) in [5.41, 5.74) is 0.827. The fraction of sp³-hybridized carbons (Fsp3) is 0.806. The van der Waals surface area contributed by atoms with Crippen LogP contribution in [-0.4, -0.2) is 6.10 Å². The lowest BCUT2D eigenvalue weighted by molar-refractivity contribution is 0.156. The van der Waals surface area contributed by atoms with E-state index >= 15 is 0 Å². The van der Waals surface area contributed by atoms with Crippen LogP contribution in [0.5, 0.6) is 5.75 Å². The van der Waals surface area contributed by atoms with Crippen LogP contribution in [0.25, 0.3) is 0 Å². The van der Waals surface area contributed by atoms with Gasteiger partial charge in [-0.3, -0.25) is 0 Å². The summed E-state index contributed by atoms with van der Waals surface area (Å²) in [6.45, 7) is 6.39. The molecule has 0 aliphatic heterocycles. The third-order valence-corrected chi connectivity index (χ3v) is 8.30. The average molecular weight is 485 g/mol. The van der Waals surface area contributed by atoms with Crippen molar-refractivity contribution in [2.75, 3.05) is 0 Å². The molecule has 0 bridgehead atoms. The lowest BCUT2D eigenvalue weighted by atomic mass is 9.68. The maximum absolute atomic E-state index is 14.8. The molecule has 0 radical (unpaired) electrons. The number of rotatable bonds is 11. The molecule has 2 saturated carbocycles. The number of halogens is 2. The van der Waals surface area contributed by atoms with Crippen LogP contribution >= 0.6 is 0 Å². The van der Waals surface area contributed by atoms with Crippen LogP contribution in [0.1, 0.15) is 146 Å². The predicted molar refractivity (Wildman–Crippen MR) is 148 cm³/mol. The molecule has 3 rings (SSSR count). The van der Waals surface area contributed by atoms with Gasteiger partial charge in [-0.25, -0.2) is 8.78 Å². The van der Waals surface area contributed by atoms with Gasteiger partial charge in [-0.05, 0) is 99.7 Å². The molecular formula is C31H58F2O. The summed E-state index contributed by atoms with van der Waals surface area (Å²) in [6, 6.07) is 3.09. The molecule has 202 valence electrons. The predicted octanol–water partition coefficient (Wildman–Crippen LogP) is 11.3. The Hall–Kier alpha value is -1.12. The second-order valence-electron chi connectivity index (χ2n) is 10.8. The Balaban J connectivity index is 0. The highest BCUT2D eigenvalue weighted by Gasteiger charge is 2.31. The van der Waals surface area contributed by atoms with Crippen LogP contribution < -0.4 is 4.74 Å². The van der Waals surface area contributed by atoms with Crippen LogP contribution in [0.4, 0.5) is 8.78 Å². The molecule has 0 amide bonds. The summed E-state index contributed by atoms with van der Waals surface area (Å²) in [4.78, 5) is 0. The fourth-order valence-corrected chi connectivity index (χ4v) is 6.33. The molecule has 0 N–H and O–H groups in total. The van der Waals surface area contributed by atoms with E-state index in [9.17, 15) is 8.78 Å². The molecule has 1 nitrogen and oxygen atoms in total. The average Bonchev–Trinajstić information content (AvgIpc) is 2.80. The first-order valence-electron chi connectivity index (χ1n) is 13.7. The molecule has 3 heteroatoms.